The summed E-state index contributed by atoms with van der Waals surface area (Å²) in [5.41, 5.74) is 0. The molecule has 1 rings (SSSR count). The maximum atomic E-state index is 11.9. The van der Waals surface area contributed by atoms with E-state index in [1.165, 1.54) is 0 Å². The van der Waals surface area contributed by atoms with Crippen LogP contribution in [-0.2, 0) is 10.0 Å². The molecular formula is C12H26N2O2S. The Morgan fingerprint density at radius 2 is 1.53 bits per heavy atom. The van der Waals surface area contributed by atoms with Crippen LogP contribution in [0.4, 0.5) is 0 Å². The van der Waals surface area contributed by atoms with Gasteiger partial charge in [-0.1, -0.05) is 20.8 Å². The average Bonchev–Trinajstić information content (AvgIpc) is 2.31. The fourth-order valence-corrected chi connectivity index (χ4v) is 4.03. The highest BCUT2D eigenvalue weighted by molar-refractivity contribution is 7.89. The summed E-state index contributed by atoms with van der Waals surface area (Å²) < 4.78 is 25.5. The van der Waals surface area contributed by atoms with Gasteiger partial charge in [0.2, 0.25) is 10.0 Å². The van der Waals surface area contributed by atoms with Crippen molar-refractivity contribution in [3.63, 3.8) is 0 Å². The Morgan fingerprint density at radius 1 is 1.00 bits per heavy atom. The van der Waals surface area contributed by atoms with Gasteiger partial charge in [-0.3, -0.25) is 4.90 Å². The second-order valence-corrected chi connectivity index (χ2v) is 6.81. The van der Waals surface area contributed by atoms with E-state index in [0.717, 1.165) is 25.9 Å². The molecule has 1 aliphatic rings. The number of rotatable bonds is 6. The van der Waals surface area contributed by atoms with E-state index in [1.54, 1.807) is 4.31 Å². The Labute approximate surface area is 106 Å². The number of nitrogens with zero attached hydrogens (tertiary/aromatic N) is 2. The summed E-state index contributed by atoms with van der Waals surface area (Å²) in [5, 5.41) is 0. The van der Waals surface area contributed by atoms with Crippen LogP contribution >= 0.6 is 0 Å². The first-order chi connectivity index (χ1) is 8.05. The van der Waals surface area contributed by atoms with Crippen molar-refractivity contribution >= 4 is 10.0 Å². The molecular weight excluding hydrogens is 236 g/mol. The highest BCUT2D eigenvalue weighted by Crippen LogP contribution is 2.14. The third kappa shape index (κ3) is 3.93. The largest absolute Gasteiger partial charge is 0.298 e. The summed E-state index contributed by atoms with van der Waals surface area (Å²) in [5.74, 6) is 0.290. The summed E-state index contributed by atoms with van der Waals surface area (Å²) in [6.07, 6.45) is 3.01. The lowest BCUT2D eigenvalue weighted by molar-refractivity contribution is 0.130. The molecule has 1 saturated heterocycles. The molecule has 102 valence electrons. The number of piperazine rings is 1. The molecule has 17 heavy (non-hydrogen) atoms. The molecule has 1 aliphatic heterocycles. The fourth-order valence-electron chi connectivity index (χ4n) is 2.54. The van der Waals surface area contributed by atoms with Crippen LogP contribution in [0.15, 0.2) is 0 Å². The first-order valence-electron chi connectivity index (χ1n) is 6.77. The number of hydrogen-bond acceptors (Lipinski definition) is 3. The van der Waals surface area contributed by atoms with Crippen LogP contribution in [-0.4, -0.2) is 55.6 Å². The van der Waals surface area contributed by atoms with Gasteiger partial charge in [-0.05, 0) is 19.3 Å². The third-order valence-corrected chi connectivity index (χ3v) is 5.66. The van der Waals surface area contributed by atoms with Crippen molar-refractivity contribution in [2.45, 2.75) is 46.1 Å². The Bertz CT molecular complexity index is 304. The average molecular weight is 262 g/mol. The Hall–Kier alpha value is -0.130. The Balaban J connectivity index is 2.51. The van der Waals surface area contributed by atoms with Crippen molar-refractivity contribution in [2.75, 3.05) is 31.9 Å². The van der Waals surface area contributed by atoms with Crippen molar-refractivity contribution in [1.82, 2.24) is 9.21 Å². The molecule has 0 radical (unpaired) electrons. The molecule has 0 saturated carbocycles. The van der Waals surface area contributed by atoms with Gasteiger partial charge >= 0.3 is 0 Å². The molecule has 0 atom stereocenters. The van der Waals surface area contributed by atoms with Gasteiger partial charge in [0.25, 0.3) is 0 Å². The molecule has 0 bridgehead atoms. The lowest BCUT2D eigenvalue weighted by atomic mass is 10.1. The Kier molecular flexibility index (Phi) is 5.89. The van der Waals surface area contributed by atoms with Crippen molar-refractivity contribution in [3.05, 3.63) is 0 Å². The highest BCUT2D eigenvalue weighted by atomic mass is 32.2. The van der Waals surface area contributed by atoms with E-state index in [2.05, 4.69) is 18.7 Å². The van der Waals surface area contributed by atoms with Crippen LogP contribution in [0.1, 0.15) is 40.0 Å². The van der Waals surface area contributed by atoms with Gasteiger partial charge in [-0.2, -0.15) is 4.31 Å². The molecule has 0 aromatic carbocycles. The van der Waals surface area contributed by atoms with Crippen LogP contribution < -0.4 is 0 Å². The first-order valence-corrected chi connectivity index (χ1v) is 8.37. The van der Waals surface area contributed by atoms with E-state index < -0.39 is 10.0 Å². The summed E-state index contributed by atoms with van der Waals surface area (Å²) in [6.45, 7) is 9.42. The molecule has 0 aliphatic carbocycles. The van der Waals surface area contributed by atoms with Crippen LogP contribution in [0.25, 0.3) is 0 Å². The topological polar surface area (TPSA) is 40.6 Å². The molecule has 1 fully saturated rings. The summed E-state index contributed by atoms with van der Waals surface area (Å²) in [7, 11) is -2.99. The minimum absolute atomic E-state index is 0.290. The third-order valence-electron chi connectivity index (χ3n) is 3.59. The van der Waals surface area contributed by atoms with Gasteiger partial charge < -0.3 is 0 Å². The second-order valence-electron chi connectivity index (χ2n) is 4.72. The lowest BCUT2D eigenvalue weighted by Gasteiger charge is -2.38. The zero-order valence-corrected chi connectivity index (χ0v) is 12.2. The minimum Gasteiger partial charge on any atom is -0.298 e. The maximum absolute atomic E-state index is 11.9. The van der Waals surface area contributed by atoms with E-state index in [-0.39, 0.29) is 5.75 Å². The smallest absolute Gasteiger partial charge is 0.214 e. The lowest BCUT2D eigenvalue weighted by Crippen LogP contribution is -2.52. The zero-order chi connectivity index (χ0) is 12.9. The van der Waals surface area contributed by atoms with E-state index in [1.807, 2.05) is 6.92 Å². The standard InChI is InChI=1S/C12H26N2O2S/c1-4-11-17(15,16)14-9-7-13(8-10-14)12(5-2)6-3/h12H,4-11H2,1-3H3. The molecule has 4 nitrogen and oxygen atoms in total. The van der Waals surface area contributed by atoms with Gasteiger partial charge in [0, 0.05) is 32.2 Å². The highest BCUT2D eigenvalue weighted by Gasteiger charge is 2.28. The van der Waals surface area contributed by atoms with E-state index >= 15 is 0 Å². The first kappa shape index (κ1) is 14.9. The van der Waals surface area contributed by atoms with E-state index in [9.17, 15) is 8.42 Å². The fraction of sp³-hybridized carbons (Fsp3) is 1.00. The van der Waals surface area contributed by atoms with Gasteiger partial charge in [-0.25, -0.2) is 8.42 Å². The van der Waals surface area contributed by atoms with Gasteiger partial charge in [0.15, 0.2) is 0 Å². The van der Waals surface area contributed by atoms with Gasteiger partial charge in [0.1, 0.15) is 0 Å². The van der Waals surface area contributed by atoms with Crippen molar-refractivity contribution in [1.29, 1.82) is 0 Å². The molecule has 5 heteroatoms. The second kappa shape index (κ2) is 6.71. The molecule has 0 aromatic rings. The van der Waals surface area contributed by atoms with Crippen LogP contribution in [0.5, 0.6) is 0 Å². The normalized spacial score (nSPS) is 20.0. The van der Waals surface area contributed by atoms with Gasteiger partial charge in [-0.15, -0.1) is 0 Å². The van der Waals surface area contributed by atoms with Crippen LogP contribution in [0.2, 0.25) is 0 Å². The molecule has 0 aromatic heterocycles. The number of sulfonamides is 1. The monoisotopic (exact) mass is 262 g/mol. The molecule has 0 N–H and O–H groups in total. The SMILES string of the molecule is CCCS(=O)(=O)N1CCN(C(CC)CC)CC1. The summed E-state index contributed by atoms with van der Waals surface area (Å²) in [6, 6.07) is 0.617. The quantitative estimate of drug-likeness (QED) is 0.729. The summed E-state index contributed by atoms with van der Waals surface area (Å²) in [4.78, 5) is 2.43. The Morgan fingerprint density at radius 3 is 1.94 bits per heavy atom. The van der Waals surface area contributed by atoms with Crippen molar-refractivity contribution in [3.8, 4) is 0 Å². The molecule has 0 amide bonds. The van der Waals surface area contributed by atoms with Crippen LogP contribution in [0.3, 0.4) is 0 Å². The number of hydrogen-bond donors (Lipinski definition) is 0. The van der Waals surface area contributed by atoms with E-state index in [0.29, 0.717) is 25.6 Å². The molecule has 0 spiro atoms. The van der Waals surface area contributed by atoms with Gasteiger partial charge in [0.05, 0.1) is 5.75 Å². The predicted octanol–water partition coefficient (Wildman–Crippen LogP) is 1.53. The van der Waals surface area contributed by atoms with Crippen molar-refractivity contribution in [2.24, 2.45) is 0 Å². The maximum Gasteiger partial charge on any atom is 0.214 e. The summed E-state index contributed by atoms with van der Waals surface area (Å²) >= 11 is 0. The molecule has 0 unspecified atom stereocenters. The molecule has 1 heterocycles. The van der Waals surface area contributed by atoms with Crippen molar-refractivity contribution < 1.29 is 8.42 Å². The van der Waals surface area contributed by atoms with Crippen LogP contribution in [0, 0.1) is 0 Å². The van der Waals surface area contributed by atoms with E-state index in [4.69, 9.17) is 0 Å². The zero-order valence-electron chi connectivity index (χ0n) is 11.4. The minimum atomic E-state index is -2.99. The predicted molar refractivity (Wildman–Crippen MR) is 71.6 cm³/mol.